The van der Waals surface area contributed by atoms with Gasteiger partial charge in [-0.2, -0.15) is 11.8 Å². The molecule has 1 heterocycles. The van der Waals surface area contributed by atoms with Gasteiger partial charge in [0.05, 0.1) is 5.56 Å². The third-order valence-electron chi connectivity index (χ3n) is 2.19. The predicted octanol–water partition coefficient (Wildman–Crippen LogP) is 2.72. The van der Waals surface area contributed by atoms with Crippen LogP contribution in [0.4, 0.5) is 0 Å². The number of hydrogen-bond acceptors (Lipinski definition) is 3. The number of thioether (sulfide) groups is 1. The standard InChI is InChI=1S/C11H15BrN2OS/c1-3-9(7-16-2)14-11(15)8-4-5-10(12)13-6-8/h4-6,9H,3,7H2,1-2H3,(H,14,15). The lowest BCUT2D eigenvalue weighted by molar-refractivity contribution is 0.0939. The van der Waals surface area contributed by atoms with E-state index in [4.69, 9.17) is 0 Å². The fraction of sp³-hybridized carbons (Fsp3) is 0.455. The van der Waals surface area contributed by atoms with Crippen molar-refractivity contribution in [1.82, 2.24) is 10.3 Å². The Hall–Kier alpha value is -0.550. The molecule has 1 aromatic rings. The Kier molecular flexibility index (Phi) is 5.84. The Labute approximate surface area is 109 Å². The van der Waals surface area contributed by atoms with E-state index in [0.717, 1.165) is 16.8 Å². The Bertz CT molecular complexity index is 342. The van der Waals surface area contributed by atoms with E-state index in [2.05, 4.69) is 33.2 Å². The van der Waals surface area contributed by atoms with Crippen LogP contribution in [0, 0.1) is 0 Å². The molecule has 0 spiro atoms. The second kappa shape index (κ2) is 6.91. The highest BCUT2D eigenvalue weighted by Gasteiger charge is 2.11. The highest BCUT2D eigenvalue weighted by molar-refractivity contribution is 9.10. The number of carbonyl (C=O) groups is 1. The van der Waals surface area contributed by atoms with Crippen molar-refractivity contribution in [3.63, 3.8) is 0 Å². The Morgan fingerprint density at radius 3 is 2.88 bits per heavy atom. The smallest absolute Gasteiger partial charge is 0.253 e. The molecule has 5 heteroatoms. The van der Waals surface area contributed by atoms with E-state index in [1.54, 1.807) is 30.1 Å². The highest BCUT2D eigenvalue weighted by atomic mass is 79.9. The van der Waals surface area contributed by atoms with Gasteiger partial charge >= 0.3 is 0 Å². The molecule has 88 valence electrons. The summed E-state index contributed by atoms with van der Waals surface area (Å²) in [7, 11) is 0. The van der Waals surface area contributed by atoms with Gasteiger partial charge in [-0.25, -0.2) is 4.98 Å². The van der Waals surface area contributed by atoms with Gasteiger partial charge in [-0.3, -0.25) is 4.79 Å². The van der Waals surface area contributed by atoms with Crippen molar-refractivity contribution in [2.75, 3.05) is 12.0 Å². The zero-order valence-corrected chi connectivity index (χ0v) is 11.8. The van der Waals surface area contributed by atoms with Crippen molar-refractivity contribution in [1.29, 1.82) is 0 Å². The zero-order chi connectivity index (χ0) is 12.0. The molecule has 0 aliphatic heterocycles. The van der Waals surface area contributed by atoms with Crippen LogP contribution in [0.25, 0.3) is 0 Å². The Morgan fingerprint density at radius 2 is 2.38 bits per heavy atom. The van der Waals surface area contributed by atoms with E-state index in [0.29, 0.717) is 5.56 Å². The Morgan fingerprint density at radius 1 is 1.62 bits per heavy atom. The van der Waals surface area contributed by atoms with Gasteiger partial charge in [-0.05, 0) is 40.7 Å². The average molecular weight is 303 g/mol. The molecule has 1 amide bonds. The summed E-state index contributed by atoms with van der Waals surface area (Å²) in [6.07, 6.45) is 4.55. The topological polar surface area (TPSA) is 42.0 Å². The van der Waals surface area contributed by atoms with Crippen LogP contribution in [-0.2, 0) is 0 Å². The molecule has 0 radical (unpaired) electrons. The van der Waals surface area contributed by atoms with E-state index >= 15 is 0 Å². The van der Waals surface area contributed by atoms with Crippen LogP contribution in [0.2, 0.25) is 0 Å². The van der Waals surface area contributed by atoms with Crippen molar-refractivity contribution in [2.24, 2.45) is 0 Å². The molecule has 0 bridgehead atoms. The maximum absolute atomic E-state index is 11.8. The van der Waals surface area contributed by atoms with Crippen molar-refractivity contribution in [3.05, 3.63) is 28.5 Å². The lowest BCUT2D eigenvalue weighted by Gasteiger charge is -2.15. The molecule has 1 unspecified atom stereocenters. The lowest BCUT2D eigenvalue weighted by atomic mass is 10.2. The van der Waals surface area contributed by atoms with E-state index in [1.807, 2.05) is 6.26 Å². The van der Waals surface area contributed by atoms with Crippen molar-refractivity contribution >= 4 is 33.6 Å². The summed E-state index contributed by atoms with van der Waals surface area (Å²) < 4.78 is 0.736. The molecule has 1 aromatic heterocycles. The van der Waals surface area contributed by atoms with E-state index in [-0.39, 0.29) is 11.9 Å². The fourth-order valence-corrected chi connectivity index (χ4v) is 2.20. The third kappa shape index (κ3) is 4.14. The number of rotatable bonds is 5. The van der Waals surface area contributed by atoms with Gasteiger partial charge in [0.1, 0.15) is 4.60 Å². The SMILES string of the molecule is CCC(CSC)NC(=O)c1ccc(Br)nc1. The number of nitrogens with one attached hydrogen (secondary N) is 1. The highest BCUT2D eigenvalue weighted by Crippen LogP contribution is 2.07. The van der Waals surface area contributed by atoms with Gasteiger partial charge in [0, 0.05) is 18.0 Å². The van der Waals surface area contributed by atoms with Gasteiger partial charge in [0.15, 0.2) is 0 Å². The van der Waals surface area contributed by atoms with Crippen LogP contribution in [0.3, 0.4) is 0 Å². The van der Waals surface area contributed by atoms with Crippen LogP contribution >= 0.6 is 27.7 Å². The van der Waals surface area contributed by atoms with Gasteiger partial charge < -0.3 is 5.32 Å². The minimum atomic E-state index is -0.0547. The molecule has 16 heavy (non-hydrogen) atoms. The molecule has 0 aliphatic rings. The van der Waals surface area contributed by atoms with Gasteiger partial charge in [0.25, 0.3) is 5.91 Å². The maximum atomic E-state index is 11.8. The summed E-state index contributed by atoms with van der Waals surface area (Å²) in [6.45, 7) is 2.07. The number of carbonyl (C=O) groups excluding carboxylic acids is 1. The number of nitrogens with zero attached hydrogens (tertiary/aromatic N) is 1. The third-order valence-corrected chi connectivity index (χ3v) is 3.39. The zero-order valence-electron chi connectivity index (χ0n) is 9.37. The molecule has 0 saturated carbocycles. The summed E-state index contributed by atoms with van der Waals surface area (Å²) in [5.41, 5.74) is 0.600. The van der Waals surface area contributed by atoms with Gasteiger partial charge in [-0.15, -0.1) is 0 Å². The number of halogens is 1. The molecular weight excluding hydrogens is 288 g/mol. The van der Waals surface area contributed by atoms with E-state index < -0.39 is 0 Å². The summed E-state index contributed by atoms with van der Waals surface area (Å²) in [6, 6.07) is 3.76. The molecular formula is C11H15BrN2OS. The quantitative estimate of drug-likeness (QED) is 0.851. The average Bonchev–Trinajstić information content (AvgIpc) is 2.29. The second-order valence-corrected chi connectivity index (χ2v) is 5.13. The van der Waals surface area contributed by atoms with Crippen LogP contribution in [0.1, 0.15) is 23.7 Å². The summed E-state index contributed by atoms with van der Waals surface area (Å²) >= 11 is 4.97. The van der Waals surface area contributed by atoms with Crippen LogP contribution in [0.5, 0.6) is 0 Å². The molecule has 1 rings (SSSR count). The minimum Gasteiger partial charge on any atom is -0.348 e. The van der Waals surface area contributed by atoms with Crippen molar-refractivity contribution < 1.29 is 4.79 Å². The first-order valence-corrected chi connectivity index (χ1v) is 7.27. The number of pyridine rings is 1. The number of hydrogen-bond donors (Lipinski definition) is 1. The fourth-order valence-electron chi connectivity index (χ4n) is 1.24. The molecule has 3 nitrogen and oxygen atoms in total. The first kappa shape index (κ1) is 13.5. The molecule has 0 saturated heterocycles. The van der Waals surface area contributed by atoms with E-state index in [9.17, 15) is 4.79 Å². The Balaban J connectivity index is 2.60. The predicted molar refractivity (Wildman–Crippen MR) is 71.9 cm³/mol. The summed E-state index contributed by atoms with van der Waals surface area (Å²) in [5, 5.41) is 2.99. The molecule has 0 fully saturated rings. The monoisotopic (exact) mass is 302 g/mol. The molecule has 0 aromatic carbocycles. The van der Waals surface area contributed by atoms with Crippen molar-refractivity contribution in [2.45, 2.75) is 19.4 Å². The molecule has 1 N–H and O–H groups in total. The molecule has 0 aliphatic carbocycles. The summed E-state index contributed by atoms with van der Waals surface area (Å²) in [4.78, 5) is 15.9. The number of aromatic nitrogens is 1. The van der Waals surface area contributed by atoms with Crippen molar-refractivity contribution in [3.8, 4) is 0 Å². The van der Waals surface area contributed by atoms with Crippen LogP contribution < -0.4 is 5.32 Å². The maximum Gasteiger partial charge on any atom is 0.253 e. The number of amides is 1. The lowest BCUT2D eigenvalue weighted by Crippen LogP contribution is -2.36. The first-order chi connectivity index (χ1) is 7.67. The largest absolute Gasteiger partial charge is 0.348 e. The van der Waals surface area contributed by atoms with Gasteiger partial charge in [-0.1, -0.05) is 6.92 Å². The van der Waals surface area contributed by atoms with E-state index in [1.165, 1.54) is 0 Å². The van der Waals surface area contributed by atoms with Gasteiger partial charge in [0.2, 0.25) is 0 Å². The van der Waals surface area contributed by atoms with Crippen LogP contribution in [-0.4, -0.2) is 28.9 Å². The second-order valence-electron chi connectivity index (χ2n) is 3.40. The minimum absolute atomic E-state index is 0.0547. The normalized spacial score (nSPS) is 12.2. The first-order valence-electron chi connectivity index (χ1n) is 5.08. The van der Waals surface area contributed by atoms with Crippen LogP contribution in [0.15, 0.2) is 22.9 Å². The summed E-state index contributed by atoms with van der Waals surface area (Å²) in [5.74, 6) is 0.882. The molecule has 1 atom stereocenters.